The molecule has 0 atom stereocenters. The summed E-state index contributed by atoms with van der Waals surface area (Å²) in [4.78, 5) is 0. The van der Waals surface area contributed by atoms with Gasteiger partial charge in [-0.25, -0.2) is 0 Å². The molecule has 0 spiro atoms. The molecule has 0 radical (unpaired) electrons. The molecule has 0 N–H and O–H groups in total. The largest absolute Gasteiger partial charge is 0.468 e. The Balaban J connectivity index is 1.93. The molecule has 0 aliphatic carbocycles. The van der Waals surface area contributed by atoms with Crippen molar-refractivity contribution in [3.8, 4) is 5.75 Å². The van der Waals surface area contributed by atoms with Crippen LogP contribution in [-0.4, -0.2) is 38.2 Å². The number of hydrazone groups is 1. The van der Waals surface area contributed by atoms with Crippen molar-refractivity contribution in [2.45, 2.75) is 25.7 Å². The first-order valence-electron chi connectivity index (χ1n) is 6.89. The van der Waals surface area contributed by atoms with Crippen LogP contribution in [0.4, 0.5) is 0 Å². The minimum atomic E-state index is 0.271. The van der Waals surface area contributed by atoms with E-state index in [-0.39, 0.29) is 6.79 Å². The number of nitrogens with zero attached hydrogens (tertiary/aromatic N) is 2. The van der Waals surface area contributed by atoms with Crippen molar-refractivity contribution in [3.05, 3.63) is 29.8 Å². The van der Waals surface area contributed by atoms with E-state index in [0.29, 0.717) is 0 Å². The Morgan fingerprint density at radius 2 is 2.00 bits per heavy atom. The third-order valence-electron chi connectivity index (χ3n) is 3.15. The van der Waals surface area contributed by atoms with Crippen molar-refractivity contribution in [1.29, 1.82) is 0 Å². The molecule has 19 heavy (non-hydrogen) atoms. The predicted octanol–water partition coefficient (Wildman–Crippen LogP) is 2.88. The maximum Gasteiger partial charge on any atom is 0.188 e. The molecule has 1 aromatic rings. The zero-order valence-electron chi connectivity index (χ0n) is 11.5. The lowest BCUT2D eigenvalue weighted by Crippen LogP contribution is -2.18. The van der Waals surface area contributed by atoms with Gasteiger partial charge >= 0.3 is 0 Å². The number of hydrogen-bond acceptors (Lipinski definition) is 4. The highest BCUT2D eigenvalue weighted by molar-refractivity contribution is 5.79. The summed E-state index contributed by atoms with van der Waals surface area (Å²) in [5.74, 6) is 0.807. The predicted molar refractivity (Wildman–Crippen MR) is 76.6 cm³/mol. The fourth-order valence-electron chi connectivity index (χ4n) is 2.13. The Morgan fingerprint density at radius 1 is 1.21 bits per heavy atom. The normalized spacial score (nSPS) is 16.6. The van der Waals surface area contributed by atoms with Gasteiger partial charge in [-0.2, -0.15) is 5.10 Å². The SMILES string of the molecule is COCOc1cccc(C=NN2CCCCCC2)c1. The average Bonchev–Trinajstić information content (AvgIpc) is 2.72. The summed E-state index contributed by atoms with van der Waals surface area (Å²) in [7, 11) is 1.62. The van der Waals surface area contributed by atoms with Crippen molar-refractivity contribution >= 4 is 6.21 Å². The van der Waals surface area contributed by atoms with Crippen LogP contribution in [0.15, 0.2) is 29.4 Å². The number of rotatable bonds is 5. The lowest BCUT2D eigenvalue weighted by molar-refractivity contribution is 0.0511. The molecule has 1 saturated heterocycles. The van der Waals surface area contributed by atoms with E-state index >= 15 is 0 Å². The second-order valence-corrected chi connectivity index (χ2v) is 4.74. The van der Waals surface area contributed by atoms with E-state index in [0.717, 1.165) is 24.4 Å². The summed E-state index contributed by atoms with van der Waals surface area (Å²) in [5.41, 5.74) is 1.05. The molecule has 0 saturated carbocycles. The molecule has 1 heterocycles. The summed E-state index contributed by atoms with van der Waals surface area (Å²) in [6, 6.07) is 7.89. The quantitative estimate of drug-likeness (QED) is 0.604. The molecule has 1 aliphatic heterocycles. The van der Waals surface area contributed by atoms with Crippen LogP contribution in [0.3, 0.4) is 0 Å². The van der Waals surface area contributed by atoms with Gasteiger partial charge in [0.05, 0.1) is 6.21 Å². The monoisotopic (exact) mass is 262 g/mol. The molecular formula is C15H22N2O2. The van der Waals surface area contributed by atoms with Crippen molar-refractivity contribution < 1.29 is 9.47 Å². The number of hydrogen-bond donors (Lipinski definition) is 0. The van der Waals surface area contributed by atoms with Crippen molar-refractivity contribution in [2.24, 2.45) is 5.10 Å². The van der Waals surface area contributed by atoms with Crippen LogP contribution in [-0.2, 0) is 4.74 Å². The molecule has 2 rings (SSSR count). The zero-order chi connectivity index (χ0) is 13.3. The van der Waals surface area contributed by atoms with Crippen LogP contribution in [0.1, 0.15) is 31.2 Å². The number of methoxy groups -OCH3 is 1. The standard InChI is InChI=1S/C15H22N2O2/c1-18-13-19-15-8-6-7-14(11-15)12-16-17-9-4-2-3-5-10-17/h6-8,11-12H,2-5,9-10,13H2,1H3. The fourth-order valence-corrected chi connectivity index (χ4v) is 2.13. The lowest BCUT2D eigenvalue weighted by Gasteiger charge is -2.15. The van der Waals surface area contributed by atoms with Crippen LogP contribution in [0.25, 0.3) is 0 Å². The van der Waals surface area contributed by atoms with E-state index in [1.807, 2.05) is 30.5 Å². The third-order valence-corrected chi connectivity index (χ3v) is 3.15. The molecule has 1 fully saturated rings. The summed E-state index contributed by atoms with van der Waals surface area (Å²) in [5, 5.41) is 6.72. The van der Waals surface area contributed by atoms with Gasteiger partial charge in [0, 0.05) is 20.2 Å². The van der Waals surface area contributed by atoms with E-state index in [4.69, 9.17) is 9.47 Å². The van der Waals surface area contributed by atoms with Crippen molar-refractivity contribution in [3.63, 3.8) is 0 Å². The van der Waals surface area contributed by atoms with Gasteiger partial charge in [0.15, 0.2) is 6.79 Å². The molecular weight excluding hydrogens is 240 g/mol. The van der Waals surface area contributed by atoms with Gasteiger partial charge < -0.3 is 9.47 Å². The average molecular weight is 262 g/mol. The van der Waals surface area contributed by atoms with E-state index in [9.17, 15) is 0 Å². The number of ether oxygens (including phenoxy) is 2. The van der Waals surface area contributed by atoms with Gasteiger partial charge in [0.2, 0.25) is 0 Å². The van der Waals surface area contributed by atoms with Crippen LogP contribution >= 0.6 is 0 Å². The maximum atomic E-state index is 5.41. The molecule has 4 nitrogen and oxygen atoms in total. The summed E-state index contributed by atoms with van der Waals surface area (Å²) >= 11 is 0. The van der Waals surface area contributed by atoms with E-state index in [1.54, 1.807) is 7.11 Å². The van der Waals surface area contributed by atoms with Crippen LogP contribution in [0, 0.1) is 0 Å². The fraction of sp³-hybridized carbons (Fsp3) is 0.533. The second-order valence-electron chi connectivity index (χ2n) is 4.74. The maximum absolute atomic E-state index is 5.41. The molecule has 0 aromatic heterocycles. The molecule has 0 unspecified atom stereocenters. The minimum absolute atomic E-state index is 0.271. The third kappa shape index (κ3) is 4.91. The highest BCUT2D eigenvalue weighted by Gasteiger charge is 2.05. The first kappa shape index (κ1) is 13.9. The second kappa shape index (κ2) is 7.79. The van der Waals surface area contributed by atoms with E-state index in [1.165, 1.54) is 25.7 Å². The lowest BCUT2D eigenvalue weighted by atomic mass is 10.2. The van der Waals surface area contributed by atoms with E-state index in [2.05, 4.69) is 10.1 Å². The minimum Gasteiger partial charge on any atom is -0.468 e. The van der Waals surface area contributed by atoms with Gasteiger partial charge in [-0.15, -0.1) is 0 Å². The number of benzene rings is 1. The van der Waals surface area contributed by atoms with Gasteiger partial charge in [-0.05, 0) is 30.5 Å². The van der Waals surface area contributed by atoms with Gasteiger partial charge in [0.25, 0.3) is 0 Å². The van der Waals surface area contributed by atoms with Crippen molar-refractivity contribution in [2.75, 3.05) is 27.0 Å². The van der Waals surface area contributed by atoms with E-state index < -0.39 is 0 Å². The van der Waals surface area contributed by atoms with Gasteiger partial charge in [0.1, 0.15) is 5.75 Å². The smallest absolute Gasteiger partial charge is 0.188 e. The molecule has 104 valence electrons. The summed E-state index contributed by atoms with van der Waals surface area (Å²) in [6.45, 7) is 2.40. The first-order chi connectivity index (χ1) is 9.38. The Labute approximate surface area is 115 Å². The molecule has 4 heteroatoms. The van der Waals surface area contributed by atoms with Crippen molar-refractivity contribution in [1.82, 2.24) is 5.01 Å². The van der Waals surface area contributed by atoms with Gasteiger partial charge in [-0.3, -0.25) is 5.01 Å². The highest BCUT2D eigenvalue weighted by Crippen LogP contribution is 2.13. The van der Waals surface area contributed by atoms with Gasteiger partial charge in [-0.1, -0.05) is 25.0 Å². The Hall–Kier alpha value is -1.55. The van der Waals surface area contributed by atoms with Crippen LogP contribution in [0.2, 0.25) is 0 Å². The zero-order valence-corrected chi connectivity index (χ0v) is 11.5. The summed E-state index contributed by atoms with van der Waals surface area (Å²) in [6.07, 6.45) is 7.05. The Kier molecular flexibility index (Phi) is 5.69. The molecule has 1 aliphatic rings. The van der Waals surface area contributed by atoms with Crippen LogP contribution < -0.4 is 4.74 Å². The summed E-state index contributed by atoms with van der Waals surface area (Å²) < 4.78 is 10.3. The topological polar surface area (TPSA) is 34.1 Å². The highest BCUT2D eigenvalue weighted by atomic mass is 16.7. The Morgan fingerprint density at radius 3 is 2.74 bits per heavy atom. The molecule has 0 bridgehead atoms. The Bertz CT molecular complexity index is 399. The van der Waals surface area contributed by atoms with Crippen LogP contribution in [0.5, 0.6) is 5.75 Å². The first-order valence-corrected chi connectivity index (χ1v) is 6.89. The molecule has 0 amide bonds. The molecule has 1 aromatic carbocycles.